The minimum atomic E-state index is 0.0831. The van der Waals surface area contributed by atoms with Gasteiger partial charge >= 0.3 is 0 Å². The number of hydrogen-bond donors (Lipinski definition) is 2. The van der Waals surface area contributed by atoms with Gasteiger partial charge in [0.25, 0.3) is 0 Å². The molecule has 298 valence electrons. The van der Waals surface area contributed by atoms with Gasteiger partial charge < -0.3 is 29.2 Å². The summed E-state index contributed by atoms with van der Waals surface area (Å²) in [4.78, 5) is 9.54. The van der Waals surface area contributed by atoms with E-state index in [1.54, 1.807) is 63.0 Å². The number of phenols is 2. The lowest BCUT2D eigenvalue weighted by molar-refractivity contribution is 0.258. The molecule has 0 aromatic heterocycles. The van der Waals surface area contributed by atoms with Crippen molar-refractivity contribution in [2.75, 3.05) is 27.4 Å². The molecule has 8 heteroatoms. The van der Waals surface area contributed by atoms with E-state index in [2.05, 4.69) is 13.8 Å². The van der Waals surface area contributed by atoms with Crippen LogP contribution in [-0.4, -0.2) is 50.1 Å². The molecule has 0 aliphatic rings. The highest BCUT2D eigenvalue weighted by Gasteiger charge is 2.14. The number of phenolic OH excluding ortho intramolecular Hbond substituents is 2. The molecule has 8 nitrogen and oxygen atoms in total. The van der Waals surface area contributed by atoms with E-state index >= 15 is 0 Å². The van der Waals surface area contributed by atoms with Crippen molar-refractivity contribution < 1.29 is 29.2 Å². The Morgan fingerprint density at radius 2 is 0.796 bits per heavy atom. The summed E-state index contributed by atoms with van der Waals surface area (Å²) in [5.41, 5.74) is 2.06. The Bertz CT molecular complexity index is 1410. The standard InChI is InChI=1S/C46H68N2O6/c1-5-7-9-11-13-15-17-19-21-23-29-53-45-33-41(47-35-37-31-39(51-3)25-27-43(37)49)42(48-36-38-32-40(52-4)26-28-44(38)50)34-46(45)54-30-24-22-20-18-16-14-12-10-8-6-2/h25-28,31-36,49-50H,5-24,29-30H2,1-4H3. The molecule has 0 amide bonds. The van der Waals surface area contributed by atoms with Crippen LogP contribution < -0.4 is 18.9 Å². The van der Waals surface area contributed by atoms with Gasteiger partial charge in [-0.05, 0) is 49.2 Å². The summed E-state index contributed by atoms with van der Waals surface area (Å²) in [6, 6.07) is 13.7. The molecule has 0 fully saturated rings. The normalized spacial score (nSPS) is 11.5. The molecule has 0 heterocycles. The molecule has 0 spiro atoms. The number of aromatic hydroxyl groups is 2. The van der Waals surface area contributed by atoms with Crippen molar-refractivity contribution >= 4 is 23.8 Å². The summed E-state index contributed by atoms with van der Waals surface area (Å²) in [5, 5.41) is 21.1. The van der Waals surface area contributed by atoms with Gasteiger partial charge in [0.15, 0.2) is 11.5 Å². The zero-order valence-electron chi connectivity index (χ0n) is 33.8. The predicted octanol–water partition coefficient (Wildman–Crippen LogP) is 13.2. The first-order chi connectivity index (χ1) is 26.5. The van der Waals surface area contributed by atoms with Gasteiger partial charge in [0.05, 0.1) is 38.8 Å². The highest BCUT2D eigenvalue weighted by molar-refractivity contribution is 5.90. The van der Waals surface area contributed by atoms with E-state index in [0.29, 0.717) is 58.7 Å². The van der Waals surface area contributed by atoms with E-state index in [1.807, 2.05) is 12.1 Å². The summed E-state index contributed by atoms with van der Waals surface area (Å²) >= 11 is 0. The van der Waals surface area contributed by atoms with E-state index in [9.17, 15) is 10.2 Å². The number of methoxy groups -OCH3 is 2. The topological polar surface area (TPSA) is 102 Å². The van der Waals surface area contributed by atoms with Gasteiger partial charge in [0.1, 0.15) is 23.0 Å². The van der Waals surface area contributed by atoms with Crippen LogP contribution in [0.4, 0.5) is 11.4 Å². The van der Waals surface area contributed by atoms with Gasteiger partial charge in [-0.25, -0.2) is 0 Å². The first kappa shape index (κ1) is 44.2. The zero-order valence-corrected chi connectivity index (χ0v) is 33.8. The van der Waals surface area contributed by atoms with Crippen LogP contribution in [-0.2, 0) is 0 Å². The SMILES string of the molecule is CCCCCCCCCCCCOc1cc(N=Cc2cc(OC)ccc2O)c(N=Cc2cc(OC)ccc2O)cc1OCCCCCCCCCCCC. The molecule has 0 radical (unpaired) electrons. The van der Waals surface area contributed by atoms with Crippen molar-refractivity contribution in [3.05, 3.63) is 59.7 Å². The molecule has 3 aromatic rings. The van der Waals surface area contributed by atoms with E-state index in [1.165, 1.54) is 103 Å². The Hall–Kier alpha value is -4.20. The second-order valence-corrected chi connectivity index (χ2v) is 14.2. The average molecular weight is 745 g/mol. The van der Waals surface area contributed by atoms with Crippen LogP contribution in [0.2, 0.25) is 0 Å². The van der Waals surface area contributed by atoms with Gasteiger partial charge in [-0.2, -0.15) is 0 Å². The molecule has 0 bridgehead atoms. The molecule has 54 heavy (non-hydrogen) atoms. The molecule has 2 N–H and O–H groups in total. The quantitative estimate of drug-likeness (QED) is 0.0520. The largest absolute Gasteiger partial charge is 0.507 e. The third kappa shape index (κ3) is 17.3. The van der Waals surface area contributed by atoms with Crippen molar-refractivity contribution in [3.8, 4) is 34.5 Å². The van der Waals surface area contributed by atoms with Gasteiger partial charge in [-0.1, -0.05) is 129 Å². The predicted molar refractivity (Wildman–Crippen MR) is 225 cm³/mol. The van der Waals surface area contributed by atoms with Crippen molar-refractivity contribution in [2.45, 2.75) is 142 Å². The fourth-order valence-corrected chi connectivity index (χ4v) is 6.32. The molecular weight excluding hydrogens is 677 g/mol. The Kier molecular flexibility index (Phi) is 22.4. The van der Waals surface area contributed by atoms with Gasteiger partial charge in [-0.15, -0.1) is 0 Å². The maximum atomic E-state index is 10.5. The number of benzene rings is 3. The molecule has 0 saturated carbocycles. The van der Waals surface area contributed by atoms with Crippen molar-refractivity contribution in [1.82, 2.24) is 0 Å². The van der Waals surface area contributed by atoms with E-state index in [-0.39, 0.29) is 11.5 Å². The van der Waals surface area contributed by atoms with Crippen LogP contribution in [0.25, 0.3) is 0 Å². The molecule has 0 saturated heterocycles. The second kappa shape index (κ2) is 27.4. The van der Waals surface area contributed by atoms with Crippen molar-refractivity contribution in [2.24, 2.45) is 9.98 Å². The van der Waals surface area contributed by atoms with Crippen LogP contribution in [0.15, 0.2) is 58.5 Å². The number of nitrogens with zero attached hydrogens (tertiary/aromatic N) is 2. The Balaban J connectivity index is 1.78. The number of rotatable bonds is 30. The number of unbranched alkanes of at least 4 members (excludes halogenated alkanes) is 18. The monoisotopic (exact) mass is 745 g/mol. The van der Waals surface area contributed by atoms with Crippen LogP contribution >= 0.6 is 0 Å². The Morgan fingerprint density at radius 1 is 0.463 bits per heavy atom. The molecular formula is C46H68N2O6. The first-order valence-electron chi connectivity index (χ1n) is 20.7. The summed E-state index contributed by atoms with van der Waals surface area (Å²) in [6.07, 6.45) is 28.2. The fourth-order valence-electron chi connectivity index (χ4n) is 6.32. The Labute approximate surface area is 326 Å². The van der Waals surface area contributed by atoms with Crippen molar-refractivity contribution in [3.63, 3.8) is 0 Å². The van der Waals surface area contributed by atoms with Gasteiger partial charge in [0.2, 0.25) is 0 Å². The maximum Gasteiger partial charge on any atom is 0.163 e. The third-order valence-corrected chi connectivity index (χ3v) is 9.71. The number of hydrogen-bond acceptors (Lipinski definition) is 8. The zero-order chi connectivity index (χ0) is 38.6. The molecule has 0 unspecified atom stereocenters. The highest BCUT2D eigenvalue weighted by Crippen LogP contribution is 2.41. The summed E-state index contributed by atoms with van der Waals surface area (Å²) in [5.74, 6) is 2.61. The van der Waals surface area contributed by atoms with Gasteiger partial charge in [-0.3, -0.25) is 9.98 Å². The molecule has 0 aliphatic heterocycles. The first-order valence-corrected chi connectivity index (χ1v) is 20.7. The van der Waals surface area contributed by atoms with E-state index in [0.717, 1.165) is 25.7 Å². The lowest BCUT2D eigenvalue weighted by atomic mass is 10.1. The maximum absolute atomic E-state index is 10.5. The molecule has 0 atom stereocenters. The summed E-state index contributed by atoms with van der Waals surface area (Å²) in [6.45, 7) is 5.67. The van der Waals surface area contributed by atoms with Crippen LogP contribution in [0, 0.1) is 0 Å². The van der Waals surface area contributed by atoms with Crippen LogP contribution in [0.1, 0.15) is 153 Å². The minimum Gasteiger partial charge on any atom is -0.507 e. The Morgan fingerprint density at radius 3 is 1.13 bits per heavy atom. The third-order valence-electron chi connectivity index (χ3n) is 9.71. The molecule has 3 rings (SSSR count). The van der Waals surface area contributed by atoms with Crippen LogP contribution in [0.3, 0.4) is 0 Å². The summed E-state index contributed by atoms with van der Waals surface area (Å²) < 4.78 is 23.5. The smallest absolute Gasteiger partial charge is 0.163 e. The number of aliphatic imine (C=N–C) groups is 2. The second-order valence-electron chi connectivity index (χ2n) is 14.2. The van der Waals surface area contributed by atoms with E-state index < -0.39 is 0 Å². The minimum absolute atomic E-state index is 0.0831. The fraction of sp³-hybridized carbons (Fsp3) is 0.565. The highest BCUT2D eigenvalue weighted by atomic mass is 16.5. The van der Waals surface area contributed by atoms with E-state index in [4.69, 9.17) is 28.9 Å². The van der Waals surface area contributed by atoms with Gasteiger partial charge in [0, 0.05) is 35.7 Å². The lowest BCUT2D eigenvalue weighted by Crippen LogP contribution is -2.03. The summed E-state index contributed by atoms with van der Waals surface area (Å²) in [7, 11) is 3.17. The van der Waals surface area contributed by atoms with Crippen molar-refractivity contribution in [1.29, 1.82) is 0 Å². The molecule has 3 aromatic carbocycles. The lowest BCUT2D eigenvalue weighted by Gasteiger charge is -2.15. The van der Waals surface area contributed by atoms with Crippen LogP contribution in [0.5, 0.6) is 34.5 Å². The molecule has 0 aliphatic carbocycles. The average Bonchev–Trinajstić information content (AvgIpc) is 3.19. The number of ether oxygens (including phenoxy) is 4.